The summed E-state index contributed by atoms with van der Waals surface area (Å²) in [5.41, 5.74) is -0.117. The summed E-state index contributed by atoms with van der Waals surface area (Å²) < 4.78 is 45.5. The Hall–Kier alpha value is -1.87. The van der Waals surface area contributed by atoms with Gasteiger partial charge in [0.15, 0.2) is 0 Å². The summed E-state index contributed by atoms with van der Waals surface area (Å²) in [6, 6.07) is 1.64. The van der Waals surface area contributed by atoms with Crippen LogP contribution in [0.5, 0.6) is 0 Å². The van der Waals surface area contributed by atoms with E-state index in [-0.39, 0.29) is 30.5 Å². The van der Waals surface area contributed by atoms with Gasteiger partial charge >= 0.3 is 6.18 Å². The third-order valence-corrected chi connectivity index (χ3v) is 7.09. The van der Waals surface area contributed by atoms with Crippen molar-refractivity contribution in [1.29, 1.82) is 0 Å². The van der Waals surface area contributed by atoms with Crippen LogP contribution in [0.2, 0.25) is 0 Å². The summed E-state index contributed by atoms with van der Waals surface area (Å²) in [7, 11) is 1.75. The van der Waals surface area contributed by atoms with Crippen molar-refractivity contribution in [3.8, 4) is 0 Å². The number of aromatic nitrogens is 1. The molecule has 2 heterocycles. The van der Waals surface area contributed by atoms with Crippen molar-refractivity contribution in [2.75, 3.05) is 13.7 Å². The molecule has 3 unspecified atom stereocenters. The Morgan fingerprint density at radius 1 is 1.24 bits per heavy atom. The number of nitrogens with zero attached hydrogens (tertiary/aromatic N) is 2. The molecular formula is C25H39F3N3O3+. The number of pyridine rings is 1. The van der Waals surface area contributed by atoms with Crippen LogP contribution in [0.25, 0.3) is 0 Å². The summed E-state index contributed by atoms with van der Waals surface area (Å²) in [5, 5.41) is 13.7. The fourth-order valence-electron chi connectivity index (χ4n) is 5.43. The van der Waals surface area contributed by atoms with Gasteiger partial charge in [0, 0.05) is 42.0 Å². The topological polar surface area (TPSA) is 65.7 Å². The molecule has 4 atom stereocenters. The summed E-state index contributed by atoms with van der Waals surface area (Å²) in [4.78, 5) is 14.8. The Morgan fingerprint density at radius 3 is 2.62 bits per heavy atom. The molecular weight excluding hydrogens is 447 g/mol. The van der Waals surface area contributed by atoms with Crippen LogP contribution in [-0.2, 0) is 28.7 Å². The van der Waals surface area contributed by atoms with Crippen LogP contribution < -0.4 is 10.0 Å². The van der Waals surface area contributed by atoms with Crippen LogP contribution in [0.1, 0.15) is 82.0 Å². The number of nitrogens with one attached hydrogen (secondary N) is 1. The SMILES string of the molecule is CCC.COC1CCCCC1N[C@@H]1CCC(C(=O)N2CCc3c(cc(C(F)(F)F)c[n+]3O)C2)C1. The molecule has 1 aliphatic heterocycles. The lowest BCUT2D eigenvalue weighted by atomic mass is 9.91. The van der Waals surface area contributed by atoms with Crippen LogP contribution in [-0.4, -0.2) is 47.9 Å². The highest BCUT2D eigenvalue weighted by molar-refractivity contribution is 5.79. The smallest absolute Gasteiger partial charge is 0.380 e. The van der Waals surface area contributed by atoms with Gasteiger partial charge in [-0.3, -0.25) is 10.0 Å². The minimum Gasteiger partial charge on any atom is -0.380 e. The molecule has 1 amide bonds. The molecule has 0 bridgehead atoms. The first-order valence-electron chi connectivity index (χ1n) is 12.6. The molecule has 1 aromatic heterocycles. The van der Waals surface area contributed by atoms with Crippen LogP contribution in [0.3, 0.4) is 0 Å². The van der Waals surface area contributed by atoms with E-state index in [1.165, 1.54) is 19.3 Å². The zero-order valence-corrected chi connectivity index (χ0v) is 20.5. The second kappa shape index (κ2) is 11.7. The van der Waals surface area contributed by atoms with Crippen molar-refractivity contribution >= 4 is 5.91 Å². The molecule has 2 N–H and O–H groups in total. The van der Waals surface area contributed by atoms with Crippen molar-refractivity contribution in [1.82, 2.24) is 10.2 Å². The quantitative estimate of drug-likeness (QED) is 0.494. The molecule has 9 heteroatoms. The molecule has 192 valence electrons. The molecule has 0 spiro atoms. The molecule has 34 heavy (non-hydrogen) atoms. The largest absolute Gasteiger partial charge is 0.422 e. The first kappa shape index (κ1) is 26.7. The number of ether oxygens (including phenoxy) is 1. The lowest BCUT2D eigenvalue weighted by Gasteiger charge is -2.33. The predicted molar refractivity (Wildman–Crippen MR) is 121 cm³/mol. The lowest BCUT2D eigenvalue weighted by Crippen LogP contribution is -2.48. The summed E-state index contributed by atoms with van der Waals surface area (Å²) >= 11 is 0. The average Bonchev–Trinajstić information content (AvgIpc) is 3.27. The Balaban J connectivity index is 0.00000103. The highest BCUT2D eigenvalue weighted by atomic mass is 19.4. The van der Waals surface area contributed by atoms with Gasteiger partial charge < -0.3 is 15.0 Å². The third-order valence-electron chi connectivity index (χ3n) is 7.09. The Kier molecular flexibility index (Phi) is 9.20. The normalized spacial score (nSPS) is 27.1. The fourth-order valence-corrected chi connectivity index (χ4v) is 5.43. The molecule has 2 aliphatic carbocycles. The summed E-state index contributed by atoms with van der Waals surface area (Å²) in [5.74, 6) is -0.112. The predicted octanol–water partition coefficient (Wildman–Crippen LogP) is 4.25. The number of rotatable bonds is 4. The number of methoxy groups -OCH3 is 1. The van der Waals surface area contributed by atoms with Gasteiger partial charge in [0.1, 0.15) is 5.56 Å². The van der Waals surface area contributed by atoms with E-state index in [2.05, 4.69) is 19.2 Å². The maximum absolute atomic E-state index is 13.1. The van der Waals surface area contributed by atoms with Crippen LogP contribution in [0.15, 0.2) is 12.3 Å². The van der Waals surface area contributed by atoms with Crippen molar-refractivity contribution in [2.24, 2.45) is 5.92 Å². The van der Waals surface area contributed by atoms with Gasteiger partial charge in [-0.2, -0.15) is 13.2 Å². The Morgan fingerprint density at radius 2 is 1.94 bits per heavy atom. The van der Waals surface area contributed by atoms with Crippen LogP contribution >= 0.6 is 0 Å². The monoisotopic (exact) mass is 486 g/mol. The van der Waals surface area contributed by atoms with Crippen LogP contribution in [0.4, 0.5) is 13.2 Å². The number of carbonyl (C=O) groups is 1. The van der Waals surface area contributed by atoms with Gasteiger partial charge in [0.2, 0.25) is 17.8 Å². The number of alkyl halides is 3. The number of hydrogen-bond donors (Lipinski definition) is 2. The first-order chi connectivity index (χ1) is 16.2. The molecule has 2 saturated carbocycles. The zero-order valence-electron chi connectivity index (χ0n) is 20.5. The molecule has 0 aromatic carbocycles. The molecule has 2 fully saturated rings. The van der Waals surface area contributed by atoms with Gasteiger partial charge in [-0.1, -0.05) is 33.1 Å². The maximum Gasteiger partial charge on any atom is 0.422 e. The van der Waals surface area contributed by atoms with E-state index in [1.54, 1.807) is 12.0 Å². The minimum absolute atomic E-state index is 0.00351. The van der Waals surface area contributed by atoms with E-state index in [4.69, 9.17) is 4.74 Å². The van der Waals surface area contributed by atoms with Gasteiger partial charge in [-0.05, 0) is 38.2 Å². The zero-order chi connectivity index (χ0) is 24.9. The van der Waals surface area contributed by atoms with Gasteiger partial charge in [-0.25, -0.2) is 0 Å². The maximum atomic E-state index is 13.1. The third kappa shape index (κ3) is 6.42. The Labute approximate surface area is 200 Å². The van der Waals surface area contributed by atoms with Crippen molar-refractivity contribution in [2.45, 2.75) is 103 Å². The van der Waals surface area contributed by atoms with E-state index >= 15 is 0 Å². The van der Waals surface area contributed by atoms with E-state index in [0.717, 1.165) is 38.2 Å². The van der Waals surface area contributed by atoms with E-state index in [0.29, 0.717) is 41.2 Å². The number of halogens is 3. The van der Waals surface area contributed by atoms with Gasteiger partial charge in [-0.15, -0.1) is 0 Å². The second-order valence-corrected chi connectivity index (χ2v) is 9.80. The minimum atomic E-state index is -4.55. The van der Waals surface area contributed by atoms with E-state index in [9.17, 15) is 23.2 Å². The number of fused-ring (bicyclic) bond motifs is 1. The molecule has 1 aromatic rings. The fraction of sp³-hybridized carbons (Fsp3) is 0.760. The lowest BCUT2D eigenvalue weighted by molar-refractivity contribution is -0.910. The molecule has 3 aliphatic rings. The van der Waals surface area contributed by atoms with Crippen molar-refractivity contribution < 1.29 is 32.6 Å². The summed E-state index contributed by atoms with van der Waals surface area (Å²) in [6.07, 6.45) is 4.91. The number of carbonyl (C=O) groups excluding carboxylic acids is 1. The average molecular weight is 487 g/mol. The molecule has 0 radical (unpaired) electrons. The van der Waals surface area contributed by atoms with E-state index < -0.39 is 11.7 Å². The van der Waals surface area contributed by atoms with E-state index in [1.807, 2.05) is 0 Å². The Bertz CT molecular complexity index is 834. The molecule has 4 rings (SSSR count). The second-order valence-electron chi connectivity index (χ2n) is 9.80. The van der Waals surface area contributed by atoms with Gasteiger partial charge in [0.05, 0.1) is 19.1 Å². The van der Waals surface area contributed by atoms with Gasteiger partial charge in [0.25, 0.3) is 0 Å². The highest BCUT2D eigenvalue weighted by Crippen LogP contribution is 2.33. The highest BCUT2D eigenvalue weighted by Gasteiger charge is 2.40. The van der Waals surface area contributed by atoms with Crippen molar-refractivity contribution in [3.63, 3.8) is 0 Å². The van der Waals surface area contributed by atoms with Crippen LogP contribution in [0, 0.1) is 5.92 Å². The molecule has 0 saturated heterocycles. The summed E-state index contributed by atoms with van der Waals surface area (Å²) in [6.45, 7) is 4.75. The first-order valence-corrected chi connectivity index (χ1v) is 12.6. The standard InChI is InChI=1S/C22H31F3N3O3.C3H8/c1-31-20-5-3-2-4-18(20)26-17-7-6-14(11-17)21(29)27-9-8-19-15(12-27)10-16(13-28(19)30)22(23,24)25;1-3-2/h10,13-14,17-18,20,26,30H,2-9,11-12H2,1H3;3H2,1-2H3/q+1;/t14?,17-,18?,20?;/m1./s1. The number of amides is 1. The molecule has 6 nitrogen and oxygen atoms in total. The van der Waals surface area contributed by atoms with Crippen molar-refractivity contribution in [3.05, 3.63) is 29.1 Å². The number of hydrogen-bond acceptors (Lipinski definition) is 4.